The summed E-state index contributed by atoms with van der Waals surface area (Å²) in [5, 5.41) is 0. The summed E-state index contributed by atoms with van der Waals surface area (Å²) in [5.74, 6) is 0.943. The van der Waals surface area contributed by atoms with Gasteiger partial charge in [0, 0.05) is 12.3 Å². The number of benzene rings is 1. The quantitative estimate of drug-likeness (QED) is 0.597. The fraction of sp³-hybridized carbons (Fsp3) is 0.0833. The maximum Gasteiger partial charge on any atom is 0.240 e. The van der Waals surface area contributed by atoms with Gasteiger partial charge in [-0.2, -0.15) is 4.99 Å². The van der Waals surface area contributed by atoms with Gasteiger partial charge >= 0.3 is 0 Å². The minimum atomic E-state index is 0.400. The summed E-state index contributed by atoms with van der Waals surface area (Å²) in [6, 6.07) is 6.77. The number of hydrogen-bond acceptors (Lipinski definition) is 5. The molecule has 0 fully saturated rings. The van der Waals surface area contributed by atoms with Crippen LogP contribution in [0.4, 0.5) is 5.69 Å². The van der Waals surface area contributed by atoms with Crippen LogP contribution >= 0.6 is 0 Å². The van der Waals surface area contributed by atoms with Gasteiger partial charge in [-0.25, -0.2) is 9.78 Å². The summed E-state index contributed by atoms with van der Waals surface area (Å²) in [5.41, 5.74) is 1.25. The predicted molar refractivity (Wildman–Crippen MR) is 61.1 cm³/mol. The Hall–Kier alpha value is -2.52. The summed E-state index contributed by atoms with van der Waals surface area (Å²) in [6.45, 7) is 1.83. The van der Waals surface area contributed by atoms with E-state index in [0.717, 1.165) is 5.69 Å². The van der Waals surface area contributed by atoms with Gasteiger partial charge in [-0.15, -0.1) is 0 Å². The zero-order valence-corrected chi connectivity index (χ0v) is 9.12. The van der Waals surface area contributed by atoms with Crippen LogP contribution in [0.1, 0.15) is 5.69 Å². The highest BCUT2D eigenvalue weighted by Gasteiger charge is 2.00. The molecule has 0 atom stereocenters. The Bertz CT molecular complexity index is 577. The third-order valence-corrected chi connectivity index (χ3v) is 1.95. The summed E-state index contributed by atoms with van der Waals surface area (Å²) >= 11 is 0. The molecule has 0 spiro atoms. The van der Waals surface area contributed by atoms with Crippen molar-refractivity contribution in [3.8, 4) is 11.6 Å². The highest BCUT2D eigenvalue weighted by atomic mass is 16.5. The van der Waals surface area contributed by atoms with Crippen molar-refractivity contribution < 1.29 is 9.53 Å². The van der Waals surface area contributed by atoms with Crippen molar-refractivity contribution in [2.24, 2.45) is 4.99 Å². The van der Waals surface area contributed by atoms with Gasteiger partial charge in [0.1, 0.15) is 5.75 Å². The molecule has 5 nitrogen and oxygen atoms in total. The third kappa shape index (κ3) is 2.96. The smallest absolute Gasteiger partial charge is 0.240 e. The van der Waals surface area contributed by atoms with E-state index in [4.69, 9.17) is 4.74 Å². The van der Waals surface area contributed by atoms with Gasteiger partial charge in [-0.3, -0.25) is 4.98 Å². The molecule has 2 aromatic rings. The second-order valence-electron chi connectivity index (χ2n) is 3.30. The first-order chi connectivity index (χ1) is 8.28. The van der Waals surface area contributed by atoms with E-state index < -0.39 is 0 Å². The molecule has 17 heavy (non-hydrogen) atoms. The van der Waals surface area contributed by atoms with Crippen molar-refractivity contribution in [3.63, 3.8) is 0 Å². The van der Waals surface area contributed by atoms with Gasteiger partial charge in [0.2, 0.25) is 12.0 Å². The first-order valence-electron chi connectivity index (χ1n) is 4.92. The zero-order valence-electron chi connectivity index (χ0n) is 9.12. The topological polar surface area (TPSA) is 64.4 Å². The van der Waals surface area contributed by atoms with Crippen molar-refractivity contribution in [1.29, 1.82) is 0 Å². The molecule has 0 N–H and O–H groups in total. The fourth-order valence-corrected chi connectivity index (χ4v) is 1.28. The van der Waals surface area contributed by atoms with Crippen molar-refractivity contribution >= 4 is 11.8 Å². The van der Waals surface area contributed by atoms with Crippen LogP contribution in [0.5, 0.6) is 11.6 Å². The number of rotatable bonds is 3. The summed E-state index contributed by atoms with van der Waals surface area (Å²) < 4.78 is 5.48. The zero-order chi connectivity index (χ0) is 12.1. The largest absolute Gasteiger partial charge is 0.437 e. The lowest BCUT2D eigenvalue weighted by Crippen LogP contribution is -1.90. The first kappa shape index (κ1) is 11.0. The molecule has 0 saturated carbocycles. The van der Waals surface area contributed by atoms with Crippen molar-refractivity contribution in [2.45, 2.75) is 6.92 Å². The highest BCUT2D eigenvalue weighted by molar-refractivity contribution is 5.51. The Kier molecular flexibility index (Phi) is 3.23. The van der Waals surface area contributed by atoms with Crippen molar-refractivity contribution in [1.82, 2.24) is 9.97 Å². The molecule has 0 aliphatic rings. The van der Waals surface area contributed by atoms with Crippen LogP contribution in [0.2, 0.25) is 0 Å². The van der Waals surface area contributed by atoms with Crippen molar-refractivity contribution in [3.05, 3.63) is 42.4 Å². The normalized spacial score (nSPS) is 9.47. The summed E-state index contributed by atoms with van der Waals surface area (Å²) in [6.07, 6.45) is 4.63. The number of nitrogens with zero attached hydrogens (tertiary/aromatic N) is 3. The lowest BCUT2D eigenvalue weighted by molar-refractivity contribution is 0.459. The van der Waals surface area contributed by atoms with Crippen molar-refractivity contribution in [2.75, 3.05) is 0 Å². The molecule has 0 radical (unpaired) electrons. The predicted octanol–water partition coefficient (Wildman–Crippen LogP) is 2.54. The molecule has 0 aliphatic heterocycles. The molecule has 2 rings (SSSR count). The van der Waals surface area contributed by atoms with Crippen LogP contribution < -0.4 is 4.74 Å². The average Bonchev–Trinajstić information content (AvgIpc) is 2.30. The maximum atomic E-state index is 10.1. The number of aryl methyl sites for hydroxylation is 1. The number of carbonyl (C=O) groups excluding carboxylic acids is 1. The van der Waals surface area contributed by atoms with E-state index in [-0.39, 0.29) is 0 Å². The molecule has 0 saturated heterocycles. The molecule has 0 amide bonds. The Labute approximate surface area is 97.8 Å². The van der Waals surface area contributed by atoms with Gasteiger partial charge in [0.15, 0.2) is 0 Å². The SMILES string of the molecule is Cc1cncc(Oc2cccc(N=C=O)c2)n1. The Morgan fingerprint density at radius 3 is 3.00 bits per heavy atom. The maximum absolute atomic E-state index is 10.1. The highest BCUT2D eigenvalue weighted by Crippen LogP contribution is 2.23. The molecule has 0 bridgehead atoms. The minimum absolute atomic E-state index is 0.400. The van der Waals surface area contributed by atoms with E-state index in [1.54, 1.807) is 30.5 Å². The standard InChI is InChI=1S/C12H9N3O2/c1-9-6-13-7-12(15-9)17-11-4-2-3-10(5-11)14-8-16/h2-7H,1H3. The van der Waals surface area contributed by atoms with Crippen LogP contribution in [0, 0.1) is 6.92 Å². The van der Waals surface area contributed by atoms with Crippen LogP contribution in [-0.4, -0.2) is 16.0 Å². The van der Waals surface area contributed by atoms with Gasteiger partial charge in [0.25, 0.3) is 0 Å². The summed E-state index contributed by atoms with van der Waals surface area (Å²) in [7, 11) is 0. The van der Waals surface area contributed by atoms with E-state index >= 15 is 0 Å². The van der Waals surface area contributed by atoms with Crippen LogP contribution in [0.3, 0.4) is 0 Å². The van der Waals surface area contributed by atoms with Crippen LogP contribution in [-0.2, 0) is 4.79 Å². The van der Waals surface area contributed by atoms with Gasteiger partial charge in [-0.05, 0) is 19.1 Å². The Balaban J connectivity index is 2.24. The second kappa shape index (κ2) is 5.01. The van der Waals surface area contributed by atoms with E-state index in [1.165, 1.54) is 12.3 Å². The molecular weight excluding hydrogens is 218 g/mol. The second-order valence-corrected chi connectivity index (χ2v) is 3.30. The van der Waals surface area contributed by atoms with Gasteiger partial charge in [0.05, 0.1) is 17.6 Å². The lowest BCUT2D eigenvalue weighted by atomic mass is 10.3. The number of aliphatic imine (C=N–C) groups is 1. The molecule has 1 aromatic carbocycles. The number of hydrogen-bond donors (Lipinski definition) is 0. The Morgan fingerprint density at radius 2 is 2.24 bits per heavy atom. The van der Waals surface area contributed by atoms with E-state index in [1.807, 2.05) is 6.92 Å². The Morgan fingerprint density at radius 1 is 1.35 bits per heavy atom. The average molecular weight is 227 g/mol. The molecule has 1 aromatic heterocycles. The molecule has 5 heteroatoms. The first-order valence-corrected chi connectivity index (χ1v) is 4.92. The van der Waals surface area contributed by atoms with Gasteiger partial charge < -0.3 is 4.74 Å². The molecule has 1 heterocycles. The van der Waals surface area contributed by atoms with Crippen LogP contribution in [0.25, 0.3) is 0 Å². The third-order valence-electron chi connectivity index (χ3n) is 1.95. The van der Waals surface area contributed by atoms with Crippen LogP contribution in [0.15, 0.2) is 41.7 Å². The van der Waals surface area contributed by atoms with Gasteiger partial charge in [-0.1, -0.05) is 6.07 Å². The minimum Gasteiger partial charge on any atom is -0.437 e. The number of aromatic nitrogens is 2. The molecule has 84 valence electrons. The number of ether oxygens (including phenoxy) is 1. The van der Waals surface area contributed by atoms with E-state index in [9.17, 15) is 4.79 Å². The summed E-state index contributed by atoms with van der Waals surface area (Å²) in [4.78, 5) is 21.8. The fourth-order valence-electron chi connectivity index (χ4n) is 1.28. The molecule has 0 aliphatic carbocycles. The van der Waals surface area contributed by atoms with E-state index in [2.05, 4.69) is 15.0 Å². The van der Waals surface area contributed by atoms with E-state index in [0.29, 0.717) is 17.3 Å². The molecular formula is C12H9N3O2. The monoisotopic (exact) mass is 227 g/mol. The molecule has 0 unspecified atom stereocenters. The number of isocyanates is 1. The lowest BCUT2D eigenvalue weighted by Gasteiger charge is -2.04.